The summed E-state index contributed by atoms with van der Waals surface area (Å²) in [6.45, 7) is 1.95. The molecular formula is C22H21F2N3O5. The molecule has 2 N–H and O–H groups in total. The number of hydrogen-bond acceptors (Lipinski definition) is 5. The molecule has 0 radical (unpaired) electrons. The largest absolute Gasteiger partial charge is 0.503 e. The lowest BCUT2D eigenvalue weighted by Gasteiger charge is -2.44. The van der Waals surface area contributed by atoms with E-state index in [4.69, 9.17) is 4.74 Å². The molecule has 1 aromatic carbocycles. The Labute approximate surface area is 181 Å². The van der Waals surface area contributed by atoms with Crippen molar-refractivity contribution < 1.29 is 28.2 Å². The smallest absolute Gasteiger partial charge is 0.276 e. The number of carbonyl (C=O) groups excluding carboxylic acids is 2. The van der Waals surface area contributed by atoms with E-state index in [0.29, 0.717) is 12.0 Å². The number of amides is 2. The van der Waals surface area contributed by atoms with Gasteiger partial charge >= 0.3 is 0 Å². The van der Waals surface area contributed by atoms with Crippen molar-refractivity contribution in [2.75, 3.05) is 0 Å². The van der Waals surface area contributed by atoms with Crippen LogP contribution in [0.4, 0.5) is 8.78 Å². The van der Waals surface area contributed by atoms with Gasteiger partial charge < -0.3 is 24.6 Å². The summed E-state index contributed by atoms with van der Waals surface area (Å²) >= 11 is 0. The minimum Gasteiger partial charge on any atom is -0.503 e. The molecule has 1 unspecified atom stereocenters. The molecule has 5 rings (SSSR count). The molecule has 0 spiro atoms. The average Bonchev–Trinajstić information content (AvgIpc) is 3.03. The number of carbonyl (C=O) groups is 2. The number of pyridine rings is 1. The van der Waals surface area contributed by atoms with Crippen molar-refractivity contribution in [1.29, 1.82) is 0 Å². The highest BCUT2D eigenvalue weighted by Crippen LogP contribution is 2.41. The molecule has 3 heterocycles. The molecule has 32 heavy (non-hydrogen) atoms. The molecule has 1 aromatic heterocycles. The second-order valence-corrected chi connectivity index (χ2v) is 8.58. The van der Waals surface area contributed by atoms with E-state index >= 15 is 0 Å². The second-order valence-electron chi connectivity index (χ2n) is 8.58. The SMILES string of the molecule is C[C@H]1C[C@@H]2C[C@H]1OC1Cn3cc(C(=O)NCc4ccc(F)cc4F)c(=O)c(O)c3C(=O)N12. The number of nitrogens with one attached hydrogen (secondary N) is 1. The van der Waals surface area contributed by atoms with Gasteiger partial charge in [-0.05, 0) is 24.8 Å². The number of hydrogen-bond donors (Lipinski definition) is 2. The van der Waals surface area contributed by atoms with Crippen LogP contribution in [0.2, 0.25) is 0 Å². The van der Waals surface area contributed by atoms with Crippen LogP contribution >= 0.6 is 0 Å². The van der Waals surface area contributed by atoms with E-state index in [1.165, 1.54) is 16.8 Å². The lowest BCUT2D eigenvalue weighted by Crippen LogP contribution is -2.57. The van der Waals surface area contributed by atoms with Gasteiger partial charge in [-0.15, -0.1) is 0 Å². The zero-order valence-corrected chi connectivity index (χ0v) is 17.2. The molecule has 1 saturated carbocycles. The van der Waals surface area contributed by atoms with Crippen molar-refractivity contribution in [2.45, 2.75) is 51.2 Å². The molecule has 4 atom stereocenters. The summed E-state index contributed by atoms with van der Waals surface area (Å²) in [7, 11) is 0. The van der Waals surface area contributed by atoms with Gasteiger partial charge in [-0.2, -0.15) is 0 Å². The van der Waals surface area contributed by atoms with Crippen LogP contribution in [-0.2, 0) is 17.8 Å². The molecule has 2 aliphatic heterocycles. The standard InChI is InChI=1S/C22H21F2N3O5/c1-10-4-13-6-16(10)32-17-9-26-8-14(19(28)20(29)18(26)22(31)27(13)17)21(30)25-7-11-2-3-12(23)5-15(11)24/h2-3,5,8,10,13,16-17,29H,4,6-7,9H2,1H3,(H,25,30)/t10-,13+,16+,17?/m0/s1. The third-order valence-corrected chi connectivity index (χ3v) is 6.56. The number of ether oxygens (including phenoxy) is 1. The monoisotopic (exact) mass is 445 g/mol. The number of nitrogens with zero attached hydrogens (tertiary/aromatic N) is 2. The van der Waals surface area contributed by atoms with Crippen LogP contribution in [0.3, 0.4) is 0 Å². The van der Waals surface area contributed by atoms with Gasteiger partial charge in [0.2, 0.25) is 5.43 Å². The first-order valence-electron chi connectivity index (χ1n) is 10.4. The Kier molecular flexibility index (Phi) is 4.77. The van der Waals surface area contributed by atoms with Crippen LogP contribution in [0.5, 0.6) is 5.75 Å². The number of halogens is 2. The van der Waals surface area contributed by atoms with Gasteiger partial charge in [0.25, 0.3) is 11.8 Å². The quantitative estimate of drug-likeness (QED) is 0.750. The molecule has 2 bridgehead atoms. The van der Waals surface area contributed by atoms with Gasteiger partial charge in [0, 0.05) is 30.4 Å². The van der Waals surface area contributed by atoms with Crippen molar-refractivity contribution in [3.8, 4) is 5.75 Å². The van der Waals surface area contributed by atoms with Gasteiger partial charge in [-0.25, -0.2) is 8.78 Å². The van der Waals surface area contributed by atoms with E-state index in [1.807, 2.05) is 0 Å². The van der Waals surface area contributed by atoms with Crippen molar-refractivity contribution >= 4 is 11.8 Å². The maximum Gasteiger partial charge on any atom is 0.276 e. The number of aromatic nitrogens is 1. The first kappa shape index (κ1) is 20.6. The maximum absolute atomic E-state index is 13.8. The minimum absolute atomic E-state index is 0.0157. The van der Waals surface area contributed by atoms with Crippen LogP contribution in [0.15, 0.2) is 29.2 Å². The summed E-state index contributed by atoms with van der Waals surface area (Å²) < 4.78 is 34.3. The molecule has 168 valence electrons. The van der Waals surface area contributed by atoms with Gasteiger partial charge in [-0.3, -0.25) is 14.4 Å². The molecule has 10 heteroatoms. The highest BCUT2D eigenvalue weighted by molar-refractivity contribution is 5.99. The molecule has 3 aliphatic rings. The predicted octanol–water partition coefficient (Wildman–Crippen LogP) is 1.74. The summed E-state index contributed by atoms with van der Waals surface area (Å²) in [6, 6.07) is 2.92. The van der Waals surface area contributed by atoms with Crippen molar-refractivity contribution in [3.05, 3.63) is 63.1 Å². The summed E-state index contributed by atoms with van der Waals surface area (Å²) in [5.41, 5.74) is -1.51. The molecule has 1 saturated heterocycles. The van der Waals surface area contributed by atoms with Crippen LogP contribution in [0.1, 0.15) is 46.2 Å². The highest BCUT2D eigenvalue weighted by Gasteiger charge is 2.50. The lowest BCUT2D eigenvalue weighted by molar-refractivity contribution is -0.138. The van der Waals surface area contributed by atoms with Crippen molar-refractivity contribution in [2.24, 2.45) is 5.92 Å². The van der Waals surface area contributed by atoms with E-state index in [2.05, 4.69) is 12.2 Å². The van der Waals surface area contributed by atoms with E-state index < -0.39 is 40.9 Å². The zero-order valence-electron chi connectivity index (χ0n) is 17.2. The Hall–Kier alpha value is -3.27. The Morgan fingerprint density at radius 3 is 2.81 bits per heavy atom. The van der Waals surface area contributed by atoms with Gasteiger partial charge in [0.15, 0.2) is 17.7 Å². The fraction of sp³-hybridized carbons (Fsp3) is 0.409. The normalized spacial score (nSPS) is 26.0. The Morgan fingerprint density at radius 2 is 2.06 bits per heavy atom. The lowest BCUT2D eigenvalue weighted by atomic mass is 10.1. The number of aromatic hydroxyl groups is 1. The number of benzene rings is 1. The summed E-state index contributed by atoms with van der Waals surface area (Å²) in [5, 5.41) is 12.9. The fourth-order valence-electron chi connectivity index (χ4n) is 4.93. The summed E-state index contributed by atoms with van der Waals surface area (Å²) in [4.78, 5) is 40.0. The highest BCUT2D eigenvalue weighted by atomic mass is 19.1. The maximum atomic E-state index is 13.8. The van der Waals surface area contributed by atoms with Gasteiger partial charge in [-0.1, -0.05) is 13.0 Å². The minimum atomic E-state index is -0.990. The molecule has 2 amide bonds. The van der Waals surface area contributed by atoms with Gasteiger partial charge in [0.05, 0.1) is 12.6 Å². The number of fused-ring (bicyclic) bond motifs is 5. The van der Waals surface area contributed by atoms with Crippen LogP contribution in [-0.4, -0.2) is 44.8 Å². The molecule has 1 aliphatic carbocycles. The predicted molar refractivity (Wildman–Crippen MR) is 107 cm³/mol. The molecule has 2 fully saturated rings. The van der Waals surface area contributed by atoms with Crippen LogP contribution < -0.4 is 10.7 Å². The zero-order chi connectivity index (χ0) is 22.7. The second kappa shape index (κ2) is 7.40. The first-order valence-corrected chi connectivity index (χ1v) is 10.4. The first-order chi connectivity index (χ1) is 15.2. The van der Waals surface area contributed by atoms with E-state index in [9.17, 15) is 28.3 Å². The molecule has 2 aromatic rings. The molecule has 8 nitrogen and oxygen atoms in total. The molecular weight excluding hydrogens is 424 g/mol. The Bertz CT molecular complexity index is 1190. The van der Waals surface area contributed by atoms with E-state index in [0.717, 1.165) is 18.9 Å². The summed E-state index contributed by atoms with van der Waals surface area (Å²) in [5.74, 6) is -3.45. The van der Waals surface area contributed by atoms with Crippen molar-refractivity contribution in [3.63, 3.8) is 0 Å². The Morgan fingerprint density at radius 1 is 1.28 bits per heavy atom. The summed E-state index contributed by atoms with van der Waals surface area (Å²) in [6.07, 6.45) is 2.21. The Balaban J connectivity index is 1.43. The van der Waals surface area contributed by atoms with Crippen molar-refractivity contribution in [1.82, 2.24) is 14.8 Å². The number of rotatable bonds is 3. The third-order valence-electron chi connectivity index (χ3n) is 6.56. The topological polar surface area (TPSA) is 101 Å². The fourth-order valence-corrected chi connectivity index (χ4v) is 4.93. The van der Waals surface area contributed by atoms with E-state index in [-0.39, 0.29) is 42.1 Å². The van der Waals surface area contributed by atoms with Gasteiger partial charge in [0.1, 0.15) is 17.2 Å². The average molecular weight is 445 g/mol. The van der Waals surface area contributed by atoms with Crippen LogP contribution in [0, 0.1) is 17.6 Å². The third kappa shape index (κ3) is 3.17. The van der Waals surface area contributed by atoms with E-state index in [1.54, 1.807) is 4.90 Å². The van der Waals surface area contributed by atoms with Crippen LogP contribution in [0.25, 0.3) is 0 Å².